The highest BCUT2D eigenvalue weighted by atomic mass is 16.6. The molecule has 2 aromatic rings. The number of carbonyl (C=O) groups excluding carboxylic acids is 1. The predicted molar refractivity (Wildman–Crippen MR) is 72.5 cm³/mol. The average Bonchev–Trinajstić information content (AvgIpc) is 2.54. The number of ether oxygens (including phenoxy) is 1. The third-order valence-electron chi connectivity index (χ3n) is 2.59. The molecule has 0 aliphatic heterocycles. The molecular weight excluding hydrogens is 244 g/mol. The number of anilines is 1. The number of aromatic nitrogens is 3. The summed E-state index contributed by atoms with van der Waals surface area (Å²) in [7, 11) is 0. The Balaban J connectivity index is 2.32. The molecule has 0 aliphatic carbocycles. The quantitative estimate of drug-likeness (QED) is 0.832. The Morgan fingerprint density at radius 1 is 1.42 bits per heavy atom. The summed E-state index contributed by atoms with van der Waals surface area (Å²) in [6.45, 7) is 7.53. The first-order valence-corrected chi connectivity index (χ1v) is 6.05. The van der Waals surface area contributed by atoms with Crippen molar-refractivity contribution in [3.8, 4) is 0 Å². The van der Waals surface area contributed by atoms with Gasteiger partial charge in [-0.3, -0.25) is 4.79 Å². The fourth-order valence-electron chi connectivity index (χ4n) is 1.98. The molecule has 0 radical (unpaired) electrons. The molecular formula is C13H18N4O2. The van der Waals surface area contributed by atoms with Crippen LogP contribution in [0.4, 0.5) is 5.82 Å². The zero-order chi connectivity index (χ0) is 14.2. The number of fused-ring (bicyclic) bond motifs is 1. The highest BCUT2D eigenvalue weighted by Gasteiger charge is 2.18. The fraction of sp³-hybridized carbons (Fsp3) is 0.462. The van der Waals surface area contributed by atoms with Gasteiger partial charge < -0.3 is 15.0 Å². The van der Waals surface area contributed by atoms with Crippen molar-refractivity contribution in [2.45, 2.75) is 39.8 Å². The Bertz CT molecular complexity index is 625. The largest absolute Gasteiger partial charge is 0.459 e. The molecule has 0 saturated carbocycles. The molecule has 2 aromatic heterocycles. The van der Waals surface area contributed by atoms with Crippen LogP contribution in [0.1, 0.15) is 26.3 Å². The molecule has 0 aliphatic rings. The van der Waals surface area contributed by atoms with Crippen LogP contribution in [0.2, 0.25) is 0 Å². The molecule has 0 fully saturated rings. The van der Waals surface area contributed by atoms with Crippen molar-refractivity contribution in [1.29, 1.82) is 0 Å². The monoisotopic (exact) mass is 262 g/mol. The van der Waals surface area contributed by atoms with Gasteiger partial charge in [-0.2, -0.15) is 0 Å². The van der Waals surface area contributed by atoms with E-state index in [1.54, 1.807) is 4.57 Å². The Morgan fingerprint density at radius 2 is 2.11 bits per heavy atom. The minimum absolute atomic E-state index is 0.109. The van der Waals surface area contributed by atoms with Gasteiger partial charge in [0.15, 0.2) is 0 Å². The van der Waals surface area contributed by atoms with Gasteiger partial charge in [0, 0.05) is 6.20 Å². The maximum absolute atomic E-state index is 11.8. The lowest BCUT2D eigenvalue weighted by Gasteiger charge is -2.19. The number of hydrogen-bond donors (Lipinski definition) is 1. The molecule has 0 bridgehead atoms. The van der Waals surface area contributed by atoms with E-state index in [1.807, 2.05) is 33.9 Å². The molecule has 0 amide bonds. The molecule has 0 atom stereocenters. The number of nitrogens with zero attached hydrogens (tertiary/aromatic N) is 3. The molecule has 0 saturated heterocycles. The minimum atomic E-state index is -0.497. The summed E-state index contributed by atoms with van der Waals surface area (Å²) in [6.07, 6.45) is 3.22. The van der Waals surface area contributed by atoms with Crippen LogP contribution in [-0.4, -0.2) is 26.1 Å². The van der Waals surface area contributed by atoms with Crippen molar-refractivity contribution in [2.75, 3.05) is 5.73 Å². The topological polar surface area (TPSA) is 83.0 Å². The van der Waals surface area contributed by atoms with E-state index in [9.17, 15) is 4.79 Å². The first-order valence-electron chi connectivity index (χ1n) is 6.05. The summed E-state index contributed by atoms with van der Waals surface area (Å²) in [5, 5.41) is 0.783. The number of rotatable bonds is 2. The standard InChI is InChI=1S/C13H18N4O2/c1-8-5-17(6-9(18)19-13(2,3)4)12-10(8)11(14)15-7-16-12/h5,7H,6H2,1-4H3,(H2,14,15,16). The van der Waals surface area contributed by atoms with Crippen LogP contribution in [-0.2, 0) is 16.1 Å². The van der Waals surface area contributed by atoms with Crippen molar-refractivity contribution in [2.24, 2.45) is 0 Å². The lowest BCUT2D eigenvalue weighted by atomic mass is 10.2. The molecule has 2 heterocycles. The Morgan fingerprint density at radius 3 is 2.74 bits per heavy atom. The van der Waals surface area contributed by atoms with Crippen LogP contribution in [0, 0.1) is 6.92 Å². The van der Waals surface area contributed by atoms with E-state index in [4.69, 9.17) is 10.5 Å². The van der Waals surface area contributed by atoms with Crippen molar-refractivity contribution >= 4 is 22.8 Å². The maximum Gasteiger partial charge on any atom is 0.326 e. The third kappa shape index (κ3) is 2.83. The van der Waals surface area contributed by atoms with Gasteiger partial charge in [-0.25, -0.2) is 9.97 Å². The van der Waals surface area contributed by atoms with E-state index in [-0.39, 0.29) is 12.5 Å². The van der Waals surface area contributed by atoms with Crippen LogP contribution in [0.15, 0.2) is 12.5 Å². The van der Waals surface area contributed by atoms with Crippen molar-refractivity contribution in [3.63, 3.8) is 0 Å². The highest BCUT2D eigenvalue weighted by Crippen LogP contribution is 2.23. The van der Waals surface area contributed by atoms with Gasteiger partial charge in [0.2, 0.25) is 0 Å². The number of esters is 1. The summed E-state index contributed by atoms with van der Waals surface area (Å²) >= 11 is 0. The number of nitrogen functional groups attached to an aromatic ring is 1. The van der Waals surface area contributed by atoms with E-state index < -0.39 is 5.60 Å². The fourth-order valence-corrected chi connectivity index (χ4v) is 1.98. The first-order chi connectivity index (χ1) is 8.78. The molecule has 0 spiro atoms. The lowest BCUT2D eigenvalue weighted by Crippen LogP contribution is -2.26. The number of hydrogen-bond acceptors (Lipinski definition) is 5. The molecule has 19 heavy (non-hydrogen) atoms. The third-order valence-corrected chi connectivity index (χ3v) is 2.59. The van der Waals surface area contributed by atoms with Gasteiger partial charge in [0.1, 0.15) is 29.9 Å². The summed E-state index contributed by atoms with van der Waals surface area (Å²) in [4.78, 5) is 20.0. The lowest BCUT2D eigenvalue weighted by molar-refractivity contribution is -0.155. The van der Waals surface area contributed by atoms with Crippen LogP contribution >= 0.6 is 0 Å². The SMILES string of the molecule is Cc1cn(CC(=O)OC(C)(C)C)c2ncnc(N)c12. The van der Waals surface area contributed by atoms with Gasteiger partial charge in [0.25, 0.3) is 0 Å². The Hall–Kier alpha value is -2.11. The smallest absolute Gasteiger partial charge is 0.326 e. The zero-order valence-electron chi connectivity index (χ0n) is 11.6. The van der Waals surface area contributed by atoms with Crippen molar-refractivity contribution in [3.05, 3.63) is 18.1 Å². The summed E-state index contributed by atoms with van der Waals surface area (Å²) in [5.41, 5.74) is 6.92. The first kappa shape index (κ1) is 13.3. The van der Waals surface area contributed by atoms with Crippen LogP contribution < -0.4 is 5.73 Å². The second-order valence-corrected chi connectivity index (χ2v) is 5.48. The Labute approximate surface area is 111 Å². The van der Waals surface area contributed by atoms with Crippen LogP contribution in [0.5, 0.6) is 0 Å². The van der Waals surface area contributed by atoms with Crippen molar-refractivity contribution in [1.82, 2.24) is 14.5 Å². The second-order valence-electron chi connectivity index (χ2n) is 5.48. The molecule has 2 rings (SSSR count). The summed E-state index contributed by atoms with van der Waals surface area (Å²) < 4.78 is 7.03. The van der Waals surface area contributed by atoms with E-state index in [0.717, 1.165) is 10.9 Å². The maximum atomic E-state index is 11.8. The van der Waals surface area contributed by atoms with Gasteiger partial charge >= 0.3 is 5.97 Å². The van der Waals surface area contributed by atoms with E-state index in [1.165, 1.54) is 6.33 Å². The summed E-state index contributed by atoms with van der Waals surface area (Å²) in [6, 6.07) is 0. The number of carbonyl (C=O) groups is 1. The second kappa shape index (κ2) is 4.53. The molecule has 0 aromatic carbocycles. The highest BCUT2D eigenvalue weighted by molar-refractivity contribution is 5.90. The summed E-state index contributed by atoms with van der Waals surface area (Å²) in [5.74, 6) is 0.118. The van der Waals surface area contributed by atoms with Gasteiger partial charge in [-0.1, -0.05) is 0 Å². The van der Waals surface area contributed by atoms with Gasteiger partial charge in [-0.15, -0.1) is 0 Å². The molecule has 6 nitrogen and oxygen atoms in total. The Kier molecular flexibility index (Phi) is 3.18. The molecule has 0 unspecified atom stereocenters. The minimum Gasteiger partial charge on any atom is -0.459 e. The van der Waals surface area contributed by atoms with Gasteiger partial charge in [-0.05, 0) is 33.3 Å². The zero-order valence-corrected chi connectivity index (χ0v) is 11.6. The average molecular weight is 262 g/mol. The number of nitrogens with two attached hydrogens (primary N) is 1. The molecule has 6 heteroatoms. The molecule has 2 N–H and O–H groups in total. The van der Waals surface area contributed by atoms with Crippen molar-refractivity contribution < 1.29 is 9.53 Å². The van der Waals surface area contributed by atoms with Crippen LogP contribution in [0.25, 0.3) is 11.0 Å². The van der Waals surface area contributed by atoms with E-state index in [0.29, 0.717) is 11.5 Å². The predicted octanol–water partition coefficient (Wildman–Crippen LogP) is 1.66. The molecule has 102 valence electrons. The normalized spacial score (nSPS) is 11.8. The van der Waals surface area contributed by atoms with E-state index in [2.05, 4.69) is 9.97 Å². The number of aryl methyl sites for hydroxylation is 1. The van der Waals surface area contributed by atoms with Gasteiger partial charge in [0.05, 0.1) is 5.39 Å². The van der Waals surface area contributed by atoms with Crippen LogP contribution in [0.3, 0.4) is 0 Å². The van der Waals surface area contributed by atoms with E-state index >= 15 is 0 Å².